The minimum absolute atomic E-state index is 0.0732. The summed E-state index contributed by atoms with van der Waals surface area (Å²) >= 11 is 5.76. The van der Waals surface area contributed by atoms with Gasteiger partial charge in [-0.1, -0.05) is 11.6 Å². The molecule has 8 heteroatoms. The Labute approximate surface area is 119 Å². The van der Waals surface area contributed by atoms with E-state index in [2.05, 4.69) is 9.97 Å². The van der Waals surface area contributed by atoms with E-state index in [9.17, 15) is 14.5 Å². The quantitative estimate of drug-likeness (QED) is 0.491. The van der Waals surface area contributed by atoms with Crippen molar-refractivity contribution >= 4 is 28.8 Å². The van der Waals surface area contributed by atoms with Crippen LogP contribution in [-0.2, 0) is 0 Å². The highest BCUT2D eigenvalue weighted by molar-refractivity contribution is 6.31. The third-order valence-electron chi connectivity index (χ3n) is 2.65. The Balaban J connectivity index is 2.55. The van der Waals surface area contributed by atoms with Gasteiger partial charge in [0.05, 0.1) is 4.92 Å². The zero-order chi connectivity index (χ0) is 14.7. The monoisotopic (exact) mass is 296 g/mol. The molecule has 0 saturated carbocycles. The molecular weight excluding hydrogens is 287 g/mol. The minimum atomic E-state index is -0.635. The number of halogens is 2. The molecule has 20 heavy (non-hydrogen) atoms. The molecule has 0 aliphatic heterocycles. The molecule has 0 unspecified atom stereocenters. The van der Waals surface area contributed by atoms with Crippen LogP contribution in [0.15, 0.2) is 30.6 Å². The number of anilines is 2. The van der Waals surface area contributed by atoms with Crippen molar-refractivity contribution in [1.29, 1.82) is 0 Å². The van der Waals surface area contributed by atoms with Gasteiger partial charge in [-0.15, -0.1) is 0 Å². The Morgan fingerprint density at radius 2 is 2.00 bits per heavy atom. The van der Waals surface area contributed by atoms with Gasteiger partial charge >= 0.3 is 5.69 Å². The fourth-order valence-corrected chi connectivity index (χ4v) is 1.98. The van der Waals surface area contributed by atoms with Crippen molar-refractivity contribution in [3.63, 3.8) is 0 Å². The van der Waals surface area contributed by atoms with Crippen molar-refractivity contribution in [1.82, 2.24) is 9.97 Å². The first-order chi connectivity index (χ1) is 9.54. The SMILES string of the molecule is CCN(c1ccc(F)cc1)c1ncnc(Cl)c1[N+](=O)[O-]. The molecule has 0 aliphatic rings. The molecule has 0 radical (unpaired) electrons. The lowest BCUT2D eigenvalue weighted by molar-refractivity contribution is -0.384. The van der Waals surface area contributed by atoms with Gasteiger partial charge in [-0.2, -0.15) is 0 Å². The average Bonchev–Trinajstić information content (AvgIpc) is 2.41. The first kappa shape index (κ1) is 14.1. The number of nitrogens with zero attached hydrogens (tertiary/aromatic N) is 4. The van der Waals surface area contributed by atoms with Crippen LogP contribution in [0.1, 0.15) is 6.92 Å². The van der Waals surface area contributed by atoms with Crippen LogP contribution in [0.5, 0.6) is 0 Å². The Bertz CT molecular complexity index is 636. The molecule has 2 rings (SSSR count). The maximum Gasteiger partial charge on any atom is 0.348 e. The van der Waals surface area contributed by atoms with Crippen LogP contribution in [0, 0.1) is 15.9 Å². The van der Waals surface area contributed by atoms with Crippen molar-refractivity contribution in [2.75, 3.05) is 11.4 Å². The standard InChI is InChI=1S/C12H10ClFN4O2/c1-2-17(9-5-3-8(14)4-6-9)12-10(18(19)20)11(13)15-7-16-12/h3-7H,2H2,1H3. The van der Waals surface area contributed by atoms with Crippen LogP contribution >= 0.6 is 11.6 Å². The number of benzene rings is 1. The molecule has 1 aromatic carbocycles. The van der Waals surface area contributed by atoms with Gasteiger partial charge in [0.15, 0.2) is 0 Å². The smallest absolute Gasteiger partial charge is 0.321 e. The predicted octanol–water partition coefficient (Wildman–Crippen LogP) is 3.34. The fourth-order valence-electron chi connectivity index (χ4n) is 1.78. The highest BCUT2D eigenvalue weighted by Gasteiger charge is 2.26. The van der Waals surface area contributed by atoms with Gasteiger partial charge in [-0.3, -0.25) is 10.1 Å². The normalized spacial score (nSPS) is 10.3. The first-order valence-electron chi connectivity index (χ1n) is 5.72. The molecule has 0 atom stereocenters. The second-order valence-corrected chi connectivity index (χ2v) is 4.17. The maximum absolute atomic E-state index is 13.0. The number of hydrogen-bond acceptors (Lipinski definition) is 5. The Kier molecular flexibility index (Phi) is 4.09. The molecule has 0 aliphatic carbocycles. The summed E-state index contributed by atoms with van der Waals surface area (Å²) in [6, 6.07) is 5.57. The summed E-state index contributed by atoms with van der Waals surface area (Å²) in [5.74, 6) is -0.316. The third-order valence-corrected chi connectivity index (χ3v) is 2.93. The lowest BCUT2D eigenvalue weighted by atomic mass is 10.2. The largest absolute Gasteiger partial charge is 0.348 e. The summed E-state index contributed by atoms with van der Waals surface area (Å²) in [4.78, 5) is 19.6. The van der Waals surface area contributed by atoms with E-state index < -0.39 is 4.92 Å². The minimum Gasteiger partial charge on any atom is -0.321 e. The number of nitro groups is 1. The van der Waals surface area contributed by atoms with Gasteiger partial charge in [0.2, 0.25) is 11.0 Å². The summed E-state index contributed by atoms with van der Waals surface area (Å²) in [5, 5.41) is 10.9. The molecule has 6 nitrogen and oxygen atoms in total. The molecule has 2 aromatic rings. The maximum atomic E-state index is 13.0. The van der Waals surface area contributed by atoms with Crippen LogP contribution in [0.25, 0.3) is 0 Å². The second-order valence-electron chi connectivity index (χ2n) is 3.81. The van der Waals surface area contributed by atoms with Crippen LogP contribution < -0.4 is 4.90 Å². The van der Waals surface area contributed by atoms with E-state index >= 15 is 0 Å². The number of hydrogen-bond donors (Lipinski definition) is 0. The van der Waals surface area contributed by atoms with E-state index in [1.807, 2.05) is 0 Å². The van der Waals surface area contributed by atoms with Crippen molar-refractivity contribution in [2.24, 2.45) is 0 Å². The topological polar surface area (TPSA) is 72.2 Å². The van der Waals surface area contributed by atoms with Gasteiger partial charge in [0.25, 0.3) is 0 Å². The number of rotatable bonds is 4. The van der Waals surface area contributed by atoms with Crippen molar-refractivity contribution < 1.29 is 9.31 Å². The highest BCUT2D eigenvalue weighted by atomic mass is 35.5. The van der Waals surface area contributed by atoms with Gasteiger partial charge < -0.3 is 4.90 Å². The zero-order valence-corrected chi connectivity index (χ0v) is 11.2. The molecule has 0 bridgehead atoms. The first-order valence-corrected chi connectivity index (χ1v) is 6.10. The molecule has 104 valence electrons. The van der Waals surface area contributed by atoms with E-state index in [1.165, 1.54) is 24.3 Å². The highest BCUT2D eigenvalue weighted by Crippen LogP contribution is 2.35. The van der Waals surface area contributed by atoms with E-state index in [0.717, 1.165) is 6.33 Å². The van der Waals surface area contributed by atoms with Gasteiger partial charge in [-0.25, -0.2) is 14.4 Å². The van der Waals surface area contributed by atoms with Gasteiger partial charge in [0, 0.05) is 12.2 Å². The van der Waals surface area contributed by atoms with E-state index in [1.54, 1.807) is 11.8 Å². The van der Waals surface area contributed by atoms with Crippen LogP contribution in [0.4, 0.5) is 21.6 Å². The summed E-state index contributed by atoms with van der Waals surface area (Å²) in [7, 11) is 0. The van der Waals surface area contributed by atoms with Crippen LogP contribution in [-0.4, -0.2) is 21.4 Å². The molecule has 0 spiro atoms. The van der Waals surface area contributed by atoms with Crippen LogP contribution in [0.2, 0.25) is 5.15 Å². The predicted molar refractivity (Wildman–Crippen MR) is 72.8 cm³/mol. The summed E-state index contributed by atoms with van der Waals surface area (Å²) in [6.07, 6.45) is 1.15. The summed E-state index contributed by atoms with van der Waals surface area (Å²) in [6.45, 7) is 2.20. The van der Waals surface area contributed by atoms with Crippen molar-refractivity contribution in [3.8, 4) is 0 Å². The molecular formula is C12H10ClFN4O2. The van der Waals surface area contributed by atoms with E-state index in [-0.39, 0.29) is 22.5 Å². The molecule has 1 heterocycles. The summed E-state index contributed by atoms with van der Waals surface area (Å²) in [5.41, 5.74) is 0.201. The van der Waals surface area contributed by atoms with E-state index in [0.29, 0.717) is 12.2 Å². The molecule has 0 fully saturated rings. The lowest BCUT2D eigenvalue weighted by Gasteiger charge is -2.21. The van der Waals surface area contributed by atoms with E-state index in [4.69, 9.17) is 11.6 Å². The van der Waals surface area contributed by atoms with Crippen molar-refractivity contribution in [3.05, 3.63) is 51.7 Å². The van der Waals surface area contributed by atoms with Gasteiger partial charge in [0.1, 0.15) is 12.1 Å². The van der Waals surface area contributed by atoms with Crippen molar-refractivity contribution in [2.45, 2.75) is 6.92 Å². The third kappa shape index (κ3) is 2.67. The Morgan fingerprint density at radius 1 is 1.35 bits per heavy atom. The molecule has 0 N–H and O–H groups in total. The average molecular weight is 297 g/mol. The second kappa shape index (κ2) is 5.79. The molecule has 1 aromatic heterocycles. The Morgan fingerprint density at radius 3 is 2.55 bits per heavy atom. The lowest BCUT2D eigenvalue weighted by Crippen LogP contribution is -2.19. The van der Waals surface area contributed by atoms with Crippen LogP contribution in [0.3, 0.4) is 0 Å². The summed E-state index contributed by atoms with van der Waals surface area (Å²) < 4.78 is 13.0. The Hall–Kier alpha value is -2.28. The van der Waals surface area contributed by atoms with Gasteiger partial charge in [-0.05, 0) is 31.2 Å². The number of aromatic nitrogens is 2. The fraction of sp³-hybridized carbons (Fsp3) is 0.167. The zero-order valence-electron chi connectivity index (χ0n) is 10.5. The molecule has 0 amide bonds. The molecule has 0 saturated heterocycles.